The predicted molar refractivity (Wildman–Crippen MR) is 123 cm³/mol. The highest BCUT2D eigenvalue weighted by Gasteiger charge is 2.32. The maximum atomic E-state index is 6.36. The monoisotopic (exact) mass is 436 g/mol. The van der Waals surface area contributed by atoms with Crippen molar-refractivity contribution < 1.29 is 4.42 Å². The number of aromatic nitrogens is 2. The van der Waals surface area contributed by atoms with Gasteiger partial charge in [0.25, 0.3) is 0 Å². The first-order valence-corrected chi connectivity index (χ1v) is 11.8. The van der Waals surface area contributed by atoms with E-state index in [1.165, 1.54) is 37.7 Å². The van der Waals surface area contributed by atoms with Gasteiger partial charge in [0.15, 0.2) is 0 Å². The molecular weight excluding hydrogens is 408 g/mol. The molecule has 2 aliphatic rings. The minimum Gasteiger partial charge on any atom is -0.419 e. The summed E-state index contributed by atoms with van der Waals surface area (Å²) in [5.41, 5.74) is 1.96. The van der Waals surface area contributed by atoms with Crippen molar-refractivity contribution in [2.75, 3.05) is 26.2 Å². The number of hydrogen-bond acceptors (Lipinski definition) is 5. The number of rotatable bonds is 5. The summed E-state index contributed by atoms with van der Waals surface area (Å²) in [6.07, 6.45) is 6.87. The number of nitrogens with zero attached hydrogens (tertiary/aromatic N) is 4. The van der Waals surface area contributed by atoms with Crippen LogP contribution in [0.2, 0.25) is 5.02 Å². The van der Waals surface area contributed by atoms with Crippen molar-refractivity contribution in [2.45, 2.75) is 44.2 Å². The van der Waals surface area contributed by atoms with Gasteiger partial charge in [-0.3, -0.25) is 9.80 Å². The summed E-state index contributed by atoms with van der Waals surface area (Å²) >= 11 is 6.36. The van der Waals surface area contributed by atoms with Crippen LogP contribution in [-0.4, -0.2) is 52.2 Å². The van der Waals surface area contributed by atoms with Crippen LogP contribution in [0.3, 0.4) is 0 Å². The number of piperazine rings is 1. The van der Waals surface area contributed by atoms with Gasteiger partial charge in [-0.05, 0) is 30.5 Å². The maximum Gasteiger partial charge on any atom is 0.249 e. The molecule has 3 aromatic rings. The first-order valence-electron chi connectivity index (χ1n) is 11.4. The molecule has 0 amide bonds. The summed E-state index contributed by atoms with van der Waals surface area (Å²) in [5, 5.41) is 9.42. The third-order valence-electron chi connectivity index (χ3n) is 6.70. The summed E-state index contributed by atoms with van der Waals surface area (Å²) in [4.78, 5) is 5.18. The zero-order valence-electron chi connectivity index (χ0n) is 17.8. The number of halogens is 1. The lowest BCUT2D eigenvalue weighted by atomic mass is 9.93. The lowest BCUT2D eigenvalue weighted by Crippen LogP contribution is -2.51. The van der Waals surface area contributed by atoms with Gasteiger partial charge in [-0.15, -0.1) is 10.2 Å². The Bertz CT molecular complexity index is 978. The van der Waals surface area contributed by atoms with Gasteiger partial charge in [0, 0.05) is 32.2 Å². The normalized spacial score (nSPS) is 20.0. The molecule has 0 spiro atoms. The van der Waals surface area contributed by atoms with E-state index in [0.717, 1.165) is 37.8 Å². The van der Waals surface area contributed by atoms with Crippen LogP contribution in [0, 0.1) is 0 Å². The van der Waals surface area contributed by atoms with Gasteiger partial charge in [-0.1, -0.05) is 73.3 Å². The Hall–Kier alpha value is -2.21. The fourth-order valence-electron chi connectivity index (χ4n) is 5.04. The number of hydrogen-bond donors (Lipinski definition) is 0. The molecule has 6 heteroatoms. The highest BCUT2D eigenvalue weighted by molar-refractivity contribution is 6.33. The first kappa shape index (κ1) is 20.7. The molecule has 31 heavy (non-hydrogen) atoms. The molecule has 1 saturated carbocycles. The Morgan fingerprint density at radius 3 is 2.29 bits per heavy atom. The van der Waals surface area contributed by atoms with Crippen LogP contribution in [-0.2, 0) is 0 Å². The quantitative estimate of drug-likeness (QED) is 0.533. The predicted octanol–water partition coefficient (Wildman–Crippen LogP) is 5.43. The zero-order chi connectivity index (χ0) is 21.0. The second-order valence-corrected chi connectivity index (χ2v) is 9.01. The highest BCUT2D eigenvalue weighted by atomic mass is 35.5. The Balaban J connectivity index is 1.38. The van der Waals surface area contributed by atoms with Crippen molar-refractivity contribution in [3.05, 3.63) is 71.1 Å². The van der Waals surface area contributed by atoms with Crippen LogP contribution < -0.4 is 0 Å². The van der Waals surface area contributed by atoms with E-state index in [1.54, 1.807) is 0 Å². The van der Waals surface area contributed by atoms with E-state index in [2.05, 4.69) is 44.3 Å². The van der Waals surface area contributed by atoms with Gasteiger partial charge >= 0.3 is 0 Å². The fraction of sp³-hybridized carbons (Fsp3) is 0.440. The summed E-state index contributed by atoms with van der Waals surface area (Å²) in [6, 6.07) is 18.8. The van der Waals surface area contributed by atoms with E-state index < -0.39 is 0 Å². The van der Waals surface area contributed by atoms with Gasteiger partial charge in [0.2, 0.25) is 11.8 Å². The molecule has 0 unspecified atom stereocenters. The van der Waals surface area contributed by atoms with Gasteiger partial charge in [-0.2, -0.15) is 0 Å². The van der Waals surface area contributed by atoms with Gasteiger partial charge in [0.05, 0.1) is 10.6 Å². The first-order chi connectivity index (χ1) is 15.3. The van der Waals surface area contributed by atoms with Crippen molar-refractivity contribution in [1.82, 2.24) is 20.0 Å². The molecule has 5 nitrogen and oxygen atoms in total. The van der Waals surface area contributed by atoms with Crippen LogP contribution in [0.15, 0.2) is 59.0 Å². The zero-order valence-corrected chi connectivity index (χ0v) is 18.5. The van der Waals surface area contributed by atoms with Crippen molar-refractivity contribution in [3.8, 4) is 11.5 Å². The average molecular weight is 437 g/mol. The fourth-order valence-corrected chi connectivity index (χ4v) is 5.26. The van der Waals surface area contributed by atoms with Crippen LogP contribution in [0.5, 0.6) is 0 Å². The molecule has 0 bridgehead atoms. The topological polar surface area (TPSA) is 45.4 Å². The van der Waals surface area contributed by atoms with E-state index in [1.807, 2.05) is 30.3 Å². The molecule has 2 heterocycles. The molecule has 162 valence electrons. The lowest BCUT2D eigenvalue weighted by Gasteiger charge is -2.42. The average Bonchev–Trinajstić information content (AvgIpc) is 3.31. The molecule has 0 radical (unpaired) electrons. The van der Waals surface area contributed by atoms with E-state index in [4.69, 9.17) is 16.0 Å². The van der Waals surface area contributed by atoms with Crippen LogP contribution in [0.4, 0.5) is 0 Å². The molecular formula is C25H29ClN4O. The summed E-state index contributed by atoms with van der Waals surface area (Å²) in [6.45, 7) is 4.19. The Kier molecular flexibility index (Phi) is 6.35. The molecule has 0 N–H and O–H groups in total. The van der Waals surface area contributed by atoms with Gasteiger partial charge in [-0.25, -0.2) is 0 Å². The Morgan fingerprint density at radius 1 is 0.839 bits per heavy atom. The molecule has 2 aromatic carbocycles. The third kappa shape index (κ3) is 4.54. The van der Waals surface area contributed by atoms with E-state index in [9.17, 15) is 0 Å². The molecule has 2 fully saturated rings. The Morgan fingerprint density at radius 2 is 1.55 bits per heavy atom. The van der Waals surface area contributed by atoms with Crippen molar-refractivity contribution in [2.24, 2.45) is 0 Å². The van der Waals surface area contributed by atoms with Crippen LogP contribution >= 0.6 is 11.6 Å². The second kappa shape index (κ2) is 9.51. The molecule has 1 atom stereocenters. The van der Waals surface area contributed by atoms with Crippen LogP contribution in [0.25, 0.3) is 11.5 Å². The van der Waals surface area contributed by atoms with E-state index in [0.29, 0.717) is 16.8 Å². The maximum absolute atomic E-state index is 6.36. The van der Waals surface area contributed by atoms with Crippen molar-refractivity contribution in [1.29, 1.82) is 0 Å². The van der Waals surface area contributed by atoms with Gasteiger partial charge in [0.1, 0.15) is 6.04 Å². The molecule has 1 aliphatic heterocycles. The smallest absolute Gasteiger partial charge is 0.249 e. The minimum absolute atomic E-state index is 0.0431. The van der Waals surface area contributed by atoms with Crippen LogP contribution in [0.1, 0.15) is 49.6 Å². The van der Waals surface area contributed by atoms with Gasteiger partial charge < -0.3 is 4.42 Å². The third-order valence-corrected chi connectivity index (χ3v) is 7.03. The SMILES string of the molecule is Clc1ccccc1-c1nnc([C@H](c2ccccc2)N2CCN(C3CCCCC3)CC2)o1. The van der Waals surface area contributed by atoms with Crippen molar-refractivity contribution >= 4 is 11.6 Å². The molecule has 5 rings (SSSR count). The second-order valence-electron chi connectivity index (χ2n) is 8.60. The highest BCUT2D eigenvalue weighted by Crippen LogP contribution is 2.33. The minimum atomic E-state index is -0.0431. The van der Waals surface area contributed by atoms with E-state index >= 15 is 0 Å². The standard InChI is InChI=1S/C25H29ClN4O/c26-22-14-8-7-13-21(22)24-27-28-25(31-24)23(19-9-3-1-4-10-19)30-17-15-29(16-18-30)20-11-5-2-6-12-20/h1,3-4,7-10,13-14,20,23H,2,5-6,11-12,15-18H2/t23-/m0/s1. The summed E-state index contributed by atoms with van der Waals surface area (Å²) < 4.78 is 6.20. The molecule has 1 aliphatic carbocycles. The molecule has 1 saturated heterocycles. The summed E-state index contributed by atoms with van der Waals surface area (Å²) in [5.74, 6) is 1.11. The van der Waals surface area contributed by atoms with Crippen molar-refractivity contribution in [3.63, 3.8) is 0 Å². The largest absolute Gasteiger partial charge is 0.419 e. The molecule has 1 aromatic heterocycles. The van der Waals surface area contributed by atoms with E-state index in [-0.39, 0.29) is 6.04 Å². The summed E-state index contributed by atoms with van der Waals surface area (Å²) in [7, 11) is 0. The lowest BCUT2D eigenvalue weighted by molar-refractivity contribution is 0.0591. The Labute approximate surface area is 189 Å². The number of benzene rings is 2.